The smallest absolute Gasteiger partial charge is 0.223 e. The number of halogens is 2. The van der Waals surface area contributed by atoms with Crippen LogP contribution in [0.4, 0.5) is 0 Å². The number of benzene rings is 1. The molecule has 1 aromatic rings. The summed E-state index contributed by atoms with van der Waals surface area (Å²) in [4.78, 5) is 11.9. The number of rotatable bonds is 6. The molecule has 1 heterocycles. The number of amides is 1. The summed E-state index contributed by atoms with van der Waals surface area (Å²) in [6, 6.07) is 5.93. The monoisotopic (exact) mass is 404 g/mol. The molecule has 0 spiro atoms. The number of nitrogens with one attached hydrogen (secondary N) is 2. The molecular formula is C17H26BrClN2O2. The minimum atomic E-state index is 0. The van der Waals surface area contributed by atoms with Crippen molar-refractivity contribution < 1.29 is 9.53 Å². The maximum atomic E-state index is 11.9. The zero-order chi connectivity index (χ0) is 16.0. The lowest BCUT2D eigenvalue weighted by Crippen LogP contribution is -2.43. The molecule has 2 N–H and O–H groups in total. The van der Waals surface area contributed by atoms with Crippen LogP contribution in [0.5, 0.6) is 5.75 Å². The van der Waals surface area contributed by atoms with Crippen LogP contribution in [0.3, 0.4) is 0 Å². The van der Waals surface area contributed by atoms with Gasteiger partial charge in [0.1, 0.15) is 5.75 Å². The molecular weight excluding hydrogens is 380 g/mol. The molecule has 0 bridgehead atoms. The number of hydrogen-bond acceptors (Lipinski definition) is 3. The lowest BCUT2D eigenvalue weighted by molar-refractivity contribution is -0.122. The molecule has 1 amide bonds. The van der Waals surface area contributed by atoms with Gasteiger partial charge in [-0.1, -0.05) is 13.0 Å². The first-order valence-corrected chi connectivity index (χ1v) is 8.64. The van der Waals surface area contributed by atoms with Crippen molar-refractivity contribution in [2.24, 2.45) is 5.41 Å². The number of hydrogen-bond donors (Lipinski definition) is 2. The van der Waals surface area contributed by atoms with E-state index in [1.165, 1.54) is 5.56 Å². The van der Waals surface area contributed by atoms with Crippen molar-refractivity contribution in [2.75, 3.05) is 26.2 Å². The van der Waals surface area contributed by atoms with Crippen LogP contribution in [-0.4, -0.2) is 32.1 Å². The Hall–Kier alpha value is -0.780. The van der Waals surface area contributed by atoms with Gasteiger partial charge in [0.05, 0.1) is 17.5 Å². The van der Waals surface area contributed by atoms with Gasteiger partial charge >= 0.3 is 0 Å². The molecule has 0 atom stereocenters. The summed E-state index contributed by atoms with van der Waals surface area (Å²) in [5.41, 5.74) is 1.40. The van der Waals surface area contributed by atoms with Gasteiger partial charge in [0.15, 0.2) is 0 Å². The summed E-state index contributed by atoms with van der Waals surface area (Å²) in [5, 5.41) is 6.40. The van der Waals surface area contributed by atoms with Gasteiger partial charge in [-0.25, -0.2) is 0 Å². The number of piperidine rings is 1. The number of aryl methyl sites for hydroxylation is 1. The SMILES string of the molecule is Cc1ccc(OCCC(=O)NCC2(C)CCNCC2)c(Br)c1.Cl. The Labute approximate surface area is 153 Å². The standard InChI is InChI=1S/C17H25BrN2O2.ClH/c1-13-3-4-15(14(18)11-13)22-10-5-16(21)20-12-17(2)6-8-19-9-7-17;/h3-4,11,19H,5-10,12H2,1-2H3,(H,20,21);1H. The normalized spacial score (nSPS) is 16.3. The highest BCUT2D eigenvalue weighted by atomic mass is 79.9. The molecule has 1 aromatic carbocycles. The van der Waals surface area contributed by atoms with Crippen molar-refractivity contribution in [3.8, 4) is 5.75 Å². The Balaban J connectivity index is 0.00000264. The van der Waals surface area contributed by atoms with E-state index >= 15 is 0 Å². The first kappa shape index (κ1) is 20.3. The first-order chi connectivity index (χ1) is 10.5. The lowest BCUT2D eigenvalue weighted by Gasteiger charge is -2.34. The summed E-state index contributed by atoms with van der Waals surface area (Å²) < 4.78 is 6.59. The highest BCUT2D eigenvalue weighted by Crippen LogP contribution is 2.27. The van der Waals surface area contributed by atoms with E-state index in [4.69, 9.17) is 4.74 Å². The summed E-state index contributed by atoms with van der Waals surface area (Å²) in [5.74, 6) is 0.840. The van der Waals surface area contributed by atoms with Crippen molar-refractivity contribution in [3.63, 3.8) is 0 Å². The zero-order valence-corrected chi connectivity index (χ0v) is 16.2. The van der Waals surface area contributed by atoms with Gasteiger partial charge in [-0.05, 0) is 71.9 Å². The maximum absolute atomic E-state index is 11.9. The molecule has 1 aliphatic rings. The molecule has 23 heavy (non-hydrogen) atoms. The van der Waals surface area contributed by atoms with Gasteiger partial charge in [-0.2, -0.15) is 0 Å². The summed E-state index contributed by atoms with van der Waals surface area (Å²) in [6.07, 6.45) is 2.61. The van der Waals surface area contributed by atoms with Crippen LogP contribution in [0.1, 0.15) is 31.7 Å². The van der Waals surface area contributed by atoms with Gasteiger partial charge in [-0.3, -0.25) is 4.79 Å². The van der Waals surface area contributed by atoms with Crippen molar-refractivity contribution in [1.29, 1.82) is 0 Å². The molecule has 1 saturated heterocycles. The Morgan fingerprint density at radius 3 is 2.74 bits per heavy atom. The third kappa shape index (κ3) is 6.69. The van der Waals surface area contributed by atoms with Crippen molar-refractivity contribution in [3.05, 3.63) is 28.2 Å². The quantitative estimate of drug-likeness (QED) is 0.762. The maximum Gasteiger partial charge on any atom is 0.223 e. The fourth-order valence-corrected chi connectivity index (χ4v) is 3.19. The number of ether oxygens (including phenoxy) is 1. The van der Waals surface area contributed by atoms with Crippen LogP contribution in [0, 0.1) is 12.3 Å². The molecule has 0 aliphatic carbocycles. The summed E-state index contributed by atoms with van der Waals surface area (Å²) in [6.45, 7) is 7.50. The zero-order valence-electron chi connectivity index (χ0n) is 13.8. The van der Waals surface area contributed by atoms with E-state index in [-0.39, 0.29) is 23.7 Å². The third-order valence-electron chi connectivity index (χ3n) is 4.20. The Kier molecular flexibility index (Phi) is 8.37. The minimum absolute atomic E-state index is 0. The molecule has 0 unspecified atom stereocenters. The average Bonchev–Trinajstić information content (AvgIpc) is 2.48. The molecule has 0 saturated carbocycles. The van der Waals surface area contributed by atoms with Gasteiger partial charge in [0, 0.05) is 6.54 Å². The van der Waals surface area contributed by atoms with Crippen molar-refractivity contribution in [2.45, 2.75) is 33.1 Å². The second-order valence-corrected chi connectivity index (χ2v) is 7.22. The number of carbonyl (C=O) groups excluding carboxylic acids is 1. The average molecular weight is 406 g/mol. The Morgan fingerprint density at radius 1 is 1.39 bits per heavy atom. The van der Waals surface area contributed by atoms with Crippen molar-refractivity contribution in [1.82, 2.24) is 10.6 Å². The van der Waals surface area contributed by atoms with Crippen LogP contribution in [0.2, 0.25) is 0 Å². The molecule has 130 valence electrons. The van der Waals surface area contributed by atoms with E-state index < -0.39 is 0 Å². The first-order valence-electron chi connectivity index (χ1n) is 7.85. The fraction of sp³-hybridized carbons (Fsp3) is 0.588. The van der Waals surface area contributed by atoms with Gasteiger partial charge in [0.25, 0.3) is 0 Å². The van der Waals surface area contributed by atoms with E-state index in [9.17, 15) is 4.79 Å². The Bertz CT molecular complexity index is 519. The van der Waals surface area contributed by atoms with Crippen molar-refractivity contribution >= 4 is 34.2 Å². The van der Waals surface area contributed by atoms with Crippen LogP contribution in [0.25, 0.3) is 0 Å². The summed E-state index contributed by atoms with van der Waals surface area (Å²) >= 11 is 3.47. The van der Waals surface area contributed by atoms with Crippen LogP contribution >= 0.6 is 28.3 Å². The topological polar surface area (TPSA) is 50.4 Å². The molecule has 1 aliphatic heterocycles. The summed E-state index contributed by atoms with van der Waals surface area (Å²) in [7, 11) is 0. The van der Waals surface area contributed by atoms with Gasteiger partial charge in [0.2, 0.25) is 5.91 Å². The highest BCUT2D eigenvalue weighted by molar-refractivity contribution is 9.10. The second-order valence-electron chi connectivity index (χ2n) is 6.37. The second kappa shape index (κ2) is 9.50. The van der Waals surface area contributed by atoms with Crippen LogP contribution in [0.15, 0.2) is 22.7 Å². The van der Waals surface area contributed by atoms with Gasteiger partial charge in [-0.15, -0.1) is 12.4 Å². The highest BCUT2D eigenvalue weighted by Gasteiger charge is 2.26. The van der Waals surface area contributed by atoms with Crippen LogP contribution in [-0.2, 0) is 4.79 Å². The molecule has 4 nitrogen and oxygen atoms in total. The Morgan fingerprint density at radius 2 is 2.09 bits per heavy atom. The van der Waals surface area contributed by atoms with E-state index in [0.29, 0.717) is 13.0 Å². The fourth-order valence-electron chi connectivity index (χ4n) is 2.58. The predicted molar refractivity (Wildman–Crippen MR) is 99.5 cm³/mol. The molecule has 2 rings (SSSR count). The predicted octanol–water partition coefficient (Wildman–Crippen LogP) is 3.45. The van der Waals surface area contributed by atoms with Crippen LogP contribution < -0.4 is 15.4 Å². The molecule has 0 radical (unpaired) electrons. The van der Waals surface area contributed by atoms with E-state index in [2.05, 4.69) is 33.5 Å². The molecule has 0 aromatic heterocycles. The molecule has 6 heteroatoms. The van der Waals surface area contributed by atoms with Gasteiger partial charge < -0.3 is 15.4 Å². The molecule has 1 fully saturated rings. The largest absolute Gasteiger partial charge is 0.492 e. The number of carbonyl (C=O) groups is 1. The third-order valence-corrected chi connectivity index (χ3v) is 4.82. The lowest BCUT2D eigenvalue weighted by atomic mass is 9.81. The minimum Gasteiger partial charge on any atom is -0.492 e. The van der Waals surface area contributed by atoms with E-state index in [0.717, 1.165) is 42.7 Å². The van der Waals surface area contributed by atoms with E-state index in [1.54, 1.807) is 0 Å². The van der Waals surface area contributed by atoms with E-state index in [1.807, 2.05) is 25.1 Å².